The van der Waals surface area contributed by atoms with Crippen molar-refractivity contribution in [1.29, 1.82) is 0 Å². The monoisotopic (exact) mass is 325 g/mol. The number of aromatic nitrogens is 3. The lowest BCUT2D eigenvalue weighted by Gasteiger charge is -2.36. The lowest BCUT2D eigenvalue weighted by Crippen LogP contribution is -2.50. The third-order valence-corrected chi connectivity index (χ3v) is 5.18. The molecule has 2 saturated heterocycles. The van der Waals surface area contributed by atoms with Crippen molar-refractivity contribution in [2.75, 3.05) is 45.6 Å². The molecule has 1 aromatic heterocycles. The van der Waals surface area contributed by atoms with Gasteiger partial charge in [0.25, 0.3) is 0 Å². The van der Waals surface area contributed by atoms with Gasteiger partial charge in [0.15, 0.2) is 5.16 Å². The lowest BCUT2D eigenvalue weighted by atomic mass is 9.96. The minimum Gasteiger partial charge on any atom is -0.378 e. The van der Waals surface area contributed by atoms with Gasteiger partial charge in [-0.15, -0.1) is 10.2 Å². The first-order valence-corrected chi connectivity index (χ1v) is 8.98. The van der Waals surface area contributed by atoms with E-state index in [1.165, 1.54) is 0 Å². The molecule has 3 heterocycles. The van der Waals surface area contributed by atoms with Crippen molar-refractivity contribution < 1.29 is 9.53 Å². The Labute approximate surface area is 135 Å². The molecule has 2 aliphatic heterocycles. The molecule has 2 amide bonds. The maximum Gasteiger partial charge on any atom is 0.320 e. The number of morpholine rings is 1. The first-order chi connectivity index (χ1) is 10.7. The van der Waals surface area contributed by atoms with Crippen molar-refractivity contribution in [1.82, 2.24) is 24.6 Å². The van der Waals surface area contributed by atoms with E-state index in [2.05, 4.69) is 14.8 Å². The molecule has 0 unspecified atom stereocenters. The molecule has 0 bridgehead atoms. The molecule has 22 heavy (non-hydrogen) atoms. The van der Waals surface area contributed by atoms with Gasteiger partial charge in [-0.3, -0.25) is 0 Å². The summed E-state index contributed by atoms with van der Waals surface area (Å²) in [4.78, 5) is 16.3. The molecule has 0 saturated carbocycles. The second-order valence-corrected chi connectivity index (χ2v) is 6.52. The second kappa shape index (κ2) is 6.87. The van der Waals surface area contributed by atoms with Gasteiger partial charge in [0.2, 0.25) is 0 Å². The maximum absolute atomic E-state index is 12.5. The van der Waals surface area contributed by atoms with Gasteiger partial charge < -0.3 is 19.1 Å². The van der Waals surface area contributed by atoms with Crippen molar-refractivity contribution in [2.45, 2.75) is 23.9 Å². The summed E-state index contributed by atoms with van der Waals surface area (Å²) < 4.78 is 7.38. The van der Waals surface area contributed by atoms with Crippen molar-refractivity contribution >= 4 is 17.8 Å². The van der Waals surface area contributed by atoms with Crippen LogP contribution in [0.25, 0.3) is 0 Å². The largest absolute Gasteiger partial charge is 0.378 e. The van der Waals surface area contributed by atoms with Crippen molar-refractivity contribution in [3.05, 3.63) is 5.82 Å². The summed E-state index contributed by atoms with van der Waals surface area (Å²) in [6.07, 6.45) is 3.92. The fraction of sp³-hybridized carbons (Fsp3) is 0.786. The number of hydrogen-bond donors (Lipinski definition) is 0. The number of nitrogens with zero attached hydrogens (tertiary/aromatic N) is 5. The predicted molar refractivity (Wildman–Crippen MR) is 84.1 cm³/mol. The molecule has 1 aromatic rings. The van der Waals surface area contributed by atoms with E-state index in [0.717, 1.165) is 36.9 Å². The van der Waals surface area contributed by atoms with Crippen molar-refractivity contribution in [2.24, 2.45) is 7.05 Å². The van der Waals surface area contributed by atoms with E-state index in [1.54, 1.807) is 11.8 Å². The number of piperidine rings is 1. The Kier molecular flexibility index (Phi) is 4.87. The van der Waals surface area contributed by atoms with E-state index in [4.69, 9.17) is 4.74 Å². The quantitative estimate of drug-likeness (QED) is 0.764. The highest BCUT2D eigenvalue weighted by atomic mass is 32.2. The van der Waals surface area contributed by atoms with E-state index in [0.29, 0.717) is 32.2 Å². The molecule has 0 spiro atoms. The lowest BCUT2D eigenvalue weighted by molar-refractivity contribution is 0.0410. The Morgan fingerprint density at radius 1 is 1.14 bits per heavy atom. The summed E-state index contributed by atoms with van der Waals surface area (Å²) >= 11 is 1.61. The average molecular weight is 325 g/mol. The molecule has 3 rings (SSSR count). The van der Waals surface area contributed by atoms with E-state index < -0.39 is 0 Å². The molecular weight excluding hydrogens is 302 g/mol. The van der Waals surface area contributed by atoms with E-state index in [1.807, 2.05) is 23.1 Å². The number of carbonyl (C=O) groups excluding carboxylic acids is 1. The van der Waals surface area contributed by atoms with E-state index in [9.17, 15) is 4.79 Å². The SMILES string of the molecule is CSc1nnc(C2CCN(C(=O)N3CCOCC3)CC2)n1C. The normalized spacial score (nSPS) is 20.5. The number of likely N-dealkylation sites (tertiary alicyclic amines) is 1. The Hall–Kier alpha value is -1.28. The van der Waals surface area contributed by atoms with Crippen LogP contribution < -0.4 is 0 Å². The Balaban J connectivity index is 1.57. The van der Waals surface area contributed by atoms with Gasteiger partial charge in [-0.05, 0) is 19.1 Å². The van der Waals surface area contributed by atoms with Crippen molar-refractivity contribution in [3.63, 3.8) is 0 Å². The van der Waals surface area contributed by atoms with Crippen LogP contribution in [0.15, 0.2) is 5.16 Å². The number of ether oxygens (including phenoxy) is 1. The van der Waals surface area contributed by atoms with Gasteiger partial charge in [0.1, 0.15) is 5.82 Å². The molecule has 0 atom stereocenters. The van der Waals surface area contributed by atoms with Crippen LogP contribution in [-0.2, 0) is 11.8 Å². The summed E-state index contributed by atoms with van der Waals surface area (Å²) in [6, 6.07) is 0.157. The molecule has 2 aliphatic rings. The number of amides is 2. The van der Waals surface area contributed by atoms with Gasteiger partial charge in [-0.2, -0.15) is 0 Å². The van der Waals surface area contributed by atoms with Crippen LogP contribution in [0.4, 0.5) is 4.79 Å². The minimum atomic E-state index is 0.157. The first-order valence-electron chi connectivity index (χ1n) is 7.75. The molecule has 122 valence electrons. The second-order valence-electron chi connectivity index (χ2n) is 5.75. The summed E-state index contributed by atoms with van der Waals surface area (Å²) in [5.74, 6) is 1.44. The number of hydrogen-bond acceptors (Lipinski definition) is 5. The number of urea groups is 1. The molecule has 2 fully saturated rings. The molecular formula is C14H23N5O2S. The summed E-state index contributed by atoms with van der Waals surface area (Å²) in [5, 5.41) is 9.49. The first kappa shape index (κ1) is 15.6. The van der Waals surface area contributed by atoms with Crippen LogP contribution >= 0.6 is 11.8 Å². The fourth-order valence-electron chi connectivity index (χ4n) is 3.14. The van der Waals surface area contributed by atoms with Gasteiger partial charge >= 0.3 is 6.03 Å². The van der Waals surface area contributed by atoms with Crippen LogP contribution in [0, 0.1) is 0 Å². The van der Waals surface area contributed by atoms with Crippen LogP contribution in [-0.4, -0.2) is 76.2 Å². The third-order valence-electron chi connectivity index (χ3n) is 4.46. The number of thioether (sulfide) groups is 1. The van der Waals surface area contributed by atoms with Crippen LogP contribution in [0.5, 0.6) is 0 Å². The third kappa shape index (κ3) is 3.08. The molecule has 7 nitrogen and oxygen atoms in total. The Bertz CT molecular complexity index is 521. The van der Waals surface area contributed by atoms with Gasteiger partial charge in [0, 0.05) is 39.1 Å². The highest BCUT2D eigenvalue weighted by molar-refractivity contribution is 7.98. The summed E-state index contributed by atoms with van der Waals surface area (Å²) in [6.45, 7) is 4.31. The van der Waals surface area contributed by atoms with Crippen LogP contribution in [0.2, 0.25) is 0 Å². The predicted octanol–water partition coefficient (Wildman–Crippen LogP) is 1.17. The summed E-state index contributed by atoms with van der Waals surface area (Å²) in [7, 11) is 2.02. The van der Waals surface area contributed by atoms with Crippen LogP contribution in [0.3, 0.4) is 0 Å². The topological polar surface area (TPSA) is 63.5 Å². The molecule has 0 N–H and O–H groups in total. The fourth-order valence-corrected chi connectivity index (χ4v) is 3.63. The smallest absolute Gasteiger partial charge is 0.320 e. The van der Waals surface area contributed by atoms with Crippen molar-refractivity contribution in [3.8, 4) is 0 Å². The van der Waals surface area contributed by atoms with Crippen LogP contribution in [0.1, 0.15) is 24.6 Å². The zero-order chi connectivity index (χ0) is 15.5. The molecule has 8 heteroatoms. The maximum atomic E-state index is 12.5. The molecule has 0 aliphatic carbocycles. The molecule has 0 aromatic carbocycles. The van der Waals surface area contributed by atoms with Gasteiger partial charge in [-0.25, -0.2) is 4.79 Å². The van der Waals surface area contributed by atoms with Gasteiger partial charge in [-0.1, -0.05) is 11.8 Å². The van der Waals surface area contributed by atoms with E-state index >= 15 is 0 Å². The highest BCUT2D eigenvalue weighted by Crippen LogP contribution is 2.28. The minimum absolute atomic E-state index is 0.157. The zero-order valence-electron chi connectivity index (χ0n) is 13.2. The molecule has 0 radical (unpaired) electrons. The highest BCUT2D eigenvalue weighted by Gasteiger charge is 2.29. The summed E-state index contributed by atoms with van der Waals surface area (Å²) in [5.41, 5.74) is 0. The number of rotatable bonds is 2. The standard InChI is InChI=1S/C14H23N5O2S/c1-17-12(15-16-13(17)22-2)11-3-5-18(6-4-11)14(20)19-7-9-21-10-8-19/h11H,3-10H2,1-2H3. The average Bonchev–Trinajstić information content (AvgIpc) is 2.96. The Morgan fingerprint density at radius 3 is 2.36 bits per heavy atom. The Morgan fingerprint density at radius 2 is 1.77 bits per heavy atom. The van der Waals surface area contributed by atoms with Gasteiger partial charge in [0.05, 0.1) is 13.2 Å². The number of carbonyl (C=O) groups is 1. The van der Waals surface area contributed by atoms with E-state index in [-0.39, 0.29) is 6.03 Å². The zero-order valence-corrected chi connectivity index (χ0v) is 14.0.